The van der Waals surface area contributed by atoms with Gasteiger partial charge in [-0.25, -0.2) is 4.99 Å². The Labute approximate surface area is 147 Å². The maximum atomic E-state index is 10.3. The van der Waals surface area contributed by atoms with Crippen LogP contribution in [0.2, 0.25) is 0 Å². The van der Waals surface area contributed by atoms with Gasteiger partial charge in [-0.2, -0.15) is 0 Å². The summed E-state index contributed by atoms with van der Waals surface area (Å²) in [7, 11) is 0. The molecule has 0 radical (unpaired) electrons. The van der Waals surface area contributed by atoms with E-state index in [2.05, 4.69) is 48.6 Å². The summed E-state index contributed by atoms with van der Waals surface area (Å²) in [4.78, 5) is 4.83. The Morgan fingerprint density at radius 1 is 0.880 bits per heavy atom. The number of aliphatic imine (C=N–C) groups is 1. The van der Waals surface area contributed by atoms with Crippen molar-refractivity contribution in [1.29, 1.82) is 0 Å². The van der Waals surface area contributed by atoms with Crippen molar-refractivity contribution in [3.05, 3.63) is 90.0 Å². The van der Waals surface area contributed by atoms with Gasteiger partial charge in [-0.05, 0) is 30.2 Å². The number of phenolic OH excluding ortho intramolecular Hbond substituents is 1. The molecule has 0 aromatic heterocycles. The van der Waals surface area contributed by atoms with E-state index in [4.69, 9.17) is 4.99 Å². The second kappa shape index (κ2) is 6.10. The van der Waals surface area contributed by atoms with Gasteiger partial charge in [0.25, 0.3) is 0 Å². The highest BCUT2D eigenvalue weighted by Crippen LogP contribution is 2.43. The van der Waals surface area contributed by atoms with Gasteiger partial charge < -0.3 is 10.4 Å². The van der Waals surface area contributed by atoms with Crippen LogP contribution in [0.25, 0.3) is 0 Å². The maximum Gasteiger partial charge on any atom is 0.143 e. The minimum atomic E-state index is -0.324. The van der Waals surface area contributed by atoms with Crippen molar-refractivity contribution >= 4 is 17.1 Å². The maximum absolute atomic E-state index is 10.3. The van der Waals surface area contributed by atoms with Crippen molar-refractivity contribution in [2.24, 2.45) is 4.99 Å². The first kappa shape index (κ1) is 15.5. The molecule has 2 N–H and O–H groups in total. The smallest absolute Gasteiger partial charge is 0.143 e. The molecule has 1 aliphatic rings. The molecule has 0 spiro atoms. The Balaban J connectivity index is 1.91. The molecule has 25 heavy (non-hydrogen) atoms. The number of nitrogens with one attached hydrogen (secondary N) is 1. The second-order valence-corrected chi connectivity index (χ2v) is 6.60. The molecule has 3 aromatic rings. The van der Waals surface area contributed by atoms with Crippen molar-refractivity contribution in [1.82, 2.24) is 0 Å². The number of anilines is 1. The van der Waals surface area contributed by atoms with Crippen LogP contribution in [0.1, 0.15) is 24.5 Å². The molecule has 0 saturated carbocycles. The van der Waals surface area contributed by atoms with E-state index in [0.717, 1.165) is 23.4 Å². The Morgan fingerprint density at radius 3 is 2.28 bits per heavy atom. The molecule has 3 aromatic carbocycles. The van der Waals surface area contributed by atoms with Gasteiger partial charge in [0.15, 0.2) is 0 Å². The number of para-hydroxylation sites is 1. The van der Waals surface area contributed by atoms with Gasteiger partial charge in [0.05, 0.1) is 16.9 Å². The zero-order valence-electron chi connectivity index (χ0n) is 14.1. The number of hydrogen-bond acceptors (Lipinski definition) is 3. The van der Waals surface area contributed by atoms with E-state index in [1.807, 2.05) is 36.4 Å². The largest absolute Gasteiger partial charge is 0.506 e. The third kappa shape index (κ3) is 2.89. The lowest BCUT2D eigenvalue weighted by molar-refractivity contribution is 0.477. The highest BCUT2D eigenvalue weighted by Gasteiger charge is 2.32. The molecule has 0 amide bonds. The third-order valence-electron chi connectivity index (χ3n) is 4.71. The van der Waals surface area contributed by atoms with Gasteiger partial charge in [0.1, 0.15) is 11.4 Å². The van der Waals surface area contributed by atoms with Crippen molar-refractivity contribution in [3.63, 3.8) is 0 Å². The highest BCUT2D eigenvalue weighted by atomic mass is 16.3. The molecule has 0 aliphatic carbocycles. The molecule has 0 saturated heterocycles. The van der Waals surface area contributed by atoms with E-state index < -0.39 is 0 Å². The fraction of sp³-hybridized carbons (Fsp3) is 0.136. The van der Waals surface area contributed by atoms with Gasteiger partial charge in [-0.15, -0.1) is 0 Å². The summed E-state index contributed by atoms with van der Waals surface area (Å²) in [5.41, 5.74) is 4.34. The molecule has 1 aliphatic heterocycles. The molecular weight excluding hydrogens is 308 g/mol. The van der Waals surface area contributed by atoms with Crippen molar-refractivity contribution in [2.75, 3.05) is 5.32 Å². The molecular formula is C22H20N2O. The molecule has 0 fully saturated rings. The topological polar surface area (TPSA) is 44.6 Å². The predicted octanol–water partition coefficient (Wildman–Crippen LogP) is 5.24. The zero-order valence-corrected chi connectivity index (χ0v) is 14.1. The average molecular weight is 328 g/mol. The zero-order chi connectivity index (χ0) is 17.3. The number of benzene rings is 3. The molecule has 1 heterocycles. The number of nitrogens with zero attached hydrogens (tertiary/aromatic N) is 1. The van der Waals surface area contributed by atoms with Crippen LogP contribution in [0.3, 0.4) is 0 Å². The lowest BCUT2D eigenvalue weighted by Gasteiger charge is -2.32. The van der Waals surface area contributed by atoms with Crippen LogP contribution in [0.4, 0.5) is 11.4 Å². The standard InChI is InChI=1S/C22H20N2O/c1-22(17-11-6-3-7-12-17)15-19(16-9-4-2-5-10-16)23-21-18(24-22)13-8-14-20(21)25/h2-14,24-25H,15H2,1H3. The molecule has 0 bridgehead atoms. The Hall–Kier alpha value is -3.07. The molecule has 124 valence electrons. The minimum absolute atomic E-state index is 0.191. The molecule has 3 nitrogen and oxygen atoms in total. The number of rotatable bonds is 2. The number of aromatic hydroxyl groups is 1. The van der Waals surface area contributed by atoms with E-state index in [-0.39, 0.29) is 11.3 Å². The summed E-state index contributed by atoms with van der Waals surface area (Å²) < 4.78 is 0. The fourth-order valence-electron chi connectivity index (χ4n) is 3.38. The molecule has 1 atom stereocenters. The van der Waals surface area contributed by atoms with Crippen LogP contribution in [-0.2, 0) is 5.54 Å². The quantitative estimate of drug-likeness (QED) is 0.675. The van der Waals surface area contributed by atoms with Gasteiger partial charge >= 0.3 is 0 Å². The van der Waals surface area contributed by atoms with Crippen molar-refractivity contribution in [2.45, 2.75) is 18.9 Å². The van der Waals surface area contributed by atoms with Crippen LogP contribution in [-0.4, -0.2) is 10.8 Å². The second-order valence-electron chi connectivity index (χ2n) is 6.60. The minimum Gasteiger partial charge on any atom is -0.506 e. The SMILES string of the molecule is CC1(c2ccccc2)CC(c2ccccc2)=Nc2c(O)cccc2N1. The molecule has 1 unspecified atom stereocenters. The van der Waals surface area contributed by atoms with E-state index in [1.165, 1.54) is 5.56 Å². The highest BCUT2D eigenvalue weighted by molar-refractivity contribution is 6.05. The normalized spacial score (nSPS) is 19.3. The van der Waals surface area contributed by atoms with Gasteiger partial charge in [-0.1, -0.05) is 66.7 Å². The lowest BCUT2D eigenvalue weighted by atomic mass is 9.85. The molecule has 4 rings (SSSR count). The van der Waals surface area contributed by atoms with E-state index in [1.54, 1.807) is 6.07 Å². The summed E-state index contributed by atoms with van der Waals surface area (Å²) in [5, 5.41) is 14.0. The van der Waals surface area contributed by atoms with Crippen LogP contribution in [0.5, 0.6) is 5.75 Å². The average Bonchev–Trinajstić information content (AvgIpc) is 2.81. The number of phenols is 1. The van der Waals surface area contributed by atoms with Gasteiger partial charge in [0.2, 0.25) is 0 Å². The Bertz CT molecular complexity index is 919. The summed E-state index contributed by atoms with van der Waals surface area (Å²) in [6.45, 7) is 2.18. The first-order valence-corrected chi connectivity index (χ1v) is 8.44. The summed E-state index contributed by atoms with van der Waals surface area (Å²) in [5.74, 6) is 0.191. The van der Waals surface area contributed by atoms with Crippen LogP contribution >= 0.6 is 0 Å². The van der Waals surface area contributed by atoms with E-state index in [0.29, 0.717) is 5.69 Å². The number of fused-ring (bicyclic) bond motifs is 1. The third-order valence-corrected chi connectivity index (χ3v) is 4.71. The van der Waals surface area contributed by atoms with E-state index in [9.17, 15) is 5.11 Å². The summed E-state index contributed by atoms with van der Waals surface area (Å²) in [6, 6.07) is 26.0. The van der Waals surface area contributed by atoms with Crippen LogP contribution in [0.15, 0.2) is 83.9 Å². The number of hydrogen-bond donors (Lipinski definition) is 2. The van der Waals surface area contributed by atoms with E-state index >= 15 is 0 Å². The first-order chi connectivity index (χ1) is 12.2. The Morgan fingerprint density at radius 2 is 1.56 bits per heavy atom. The van der Waals surface area contributed by atoms with Gasteiger partial charge in [-0.3, -0.25) is 0 Å². The van der Waals surface area contributed by atoms with Crippen molar-refractivity contribution in [3.8, 4) is 5.75 Å². The fourth-order valence-corrected chi connectivity index (χ4v) is 3.38. The lowest BCUT2D eigenvalue weighted by Crippen LogP contribution is -2.33. The van der Waals surface area contributed by atoms with Crippen LogP contribution < -0.4 is 5.32 Å². The van der Waals surface area contributed by atoms with Crippen LogP contribution in [0, 0.1) is 0 Å². The first-order valence-electron chi connectivity index (χ1n) is 8.44. The summed E-state index contributed by atoms with van der Waals surface area (Å²) >= 11 is 0. The van der Waals surface area contributed by atoms with Gasteiger partial charge in [0, 0.05) is 6.42 Å². The predicted molar refractivity (Wildman–Crippen MR) is 103 cm³/mol. The monoisotopic (exact) mass is 328 g/mol. The molecule has 3 heteroatoms. The van der Waals surface area contributed by atoms with Crippen molar-refractivity contribution < 1.29 is 5.11 Å². The Kier molecular flexibility index (Phi) is 3.77. The summed E-state index contributed by atoms with van der Waals surface area (Å²) in [6.07, 6.45) is 0.717.